The molecule has 1 aromatic carbocycles. The Morgan fingerprint density at radius 3 is 2.71 bits per heavy atom. The van der Waals surface area contributed by atoms with Gasteiger partial charge in [0.25, 0.3) is 0 Å². The van der Waals surface area contributed by atoms with Crippen molar-refractivity contribution in [3.05, 3.63) is 49.9 Å². The van der Waals surface area contributed by atoms with Crippen LogP contribution >= 0.6 is 34.5 Å². The van der Waals surface area contributed by atoms with Gasteiger partial charge in [-0.3, -0.25) is 0 Å². The summed E-state index contributed by atoms with van der Waals surface area (Å²) in [5, 5.41) is 7.66. The summed E-state index contributed by atoms with van der Waals surface area (Å²) in [6, 6.07) is 5.66. The predicted molar refractivity (Wildman–Crippen MR) is 73.9 cm³/mol. The first-order valence-corrected chi connectivity index (χ1v) is 6.84. The van der Waals surface area contributed by atoms with E-state index in [0.717, 1.165) is 29.4 Å². The molecule has 0 radical (unpaired) electrons. The van der Waals surface area contributed by atoms with E-state index in [-0.39, 0.29) is 0 Å². The molecule has 17 heavy (non-hydrogen) atoms. The molecular formula is C12H12Cl2N2S. The molecule has 90 valence electrons. The van der Waals surface area contributed by atoms with Crippen LogP contribution in [-0.4, -0.2) is 4.98 Å². The standard InChI is InChI=1S/C12H12Cl2N2S/c1-8-16-10(7-17-8)6-15-5-9-2-3-11(13)12(14)4-9/h2-4,7,15H,5-6H2,1H3. The van der Waals surface area contributed by atoms with Gasteiger partial charge in [-0.15, -0.1) is 11.3 Å². The SMILES string of the molecule is Cc1nc(CNCc2ccc(Cl)c(Cl)c2)cs1. The normalized spacial score (nSPS) is 10.8. The van der Waals surface area contributed by atoms with Crippen molar-refractivity contribution in [3.8, 4) is 0 Å². The van der Waals surface area contributed by atoms with Crippen LogP contribution in [0.5, 0.6) is 0 Å². The van der Waals surface area contributed by atoms with Gasteiger partial charge in [0.05, 0.1) is 20.7 Å². The van der Waals surface area contributed by atoms with Gasteiger partial charge >= 0.3 is 0 Å². The second-order valence-electron chi connectivity index (χ2n) is 3.71. The van der Waals surface area contributed by atoms with Crippen LogP contribution in [0.3, 0.4) is 0 Å². The molecule has 0 bridgehead atoms. The summed E-state index contributed by atoms with van der Waals surface area (Å²) in [6.45, 7) is 3.53. The molecule has 0 spiro atoms. The smallest absolute Gasteiger partial charge is 0.0897 e. The molecule has 2 rings (SSSR count). The lowest BCUT2D eigenvalue weighted by atomic mass is 10.2. The van der Waals surface area contributed by atoms with Gasteiger partial charge in [0.15, 0.2) is 0 Å². The van der Waals surface area contributed by atoms with Crippen molar-refractivity contribution in [2.45, 2.75) is 20.0 Å². The third kappa shape index (κ3) is 3.68. The summed E-state index contributed by atoms with van der Waals surface area (Å²) in [5.74, 6) is 0. The van der Waals surface area contributed by atoms with Gasteiger partial charge in [0.1, 0.15) is 0 Å². The molecular weight excluding hydrogens is 275 g/mol. The van der Waals surface area contributed by atoms with E-state index in [2.05, 4.69) is 15.7 Å². The van der Waals surface area contributed by atoms with Crippen LogP contribution in [0.25, 0.3) is 0 Å². The molecule has 0 atom stereocenters. The summed E-state index contributed by atoms with van der Waals surface area (Å²) in [7, 11) is 0. The van der Waals surface area contributed by atoms with E-state index in [1.54, 1.807) is 11.3 Å². The fourth-order valence-corrected chi connectivity index (χ4v) is 2.41. The molecule has 0 unspecified atom stereocenters. The Morgan fingerprint density at radius 1 is 1.24 bits per heavy atom. The number of aromatic nitrogens is 1. The second-order valence-corrected chi connectivity index (χ2v) is 5.59. The van der Waals surface area contributed by atoms with E-state index in [9.17, 15) is 0 Å². The number of benzene rings is 1. The Balaban J connectivity index is 1.87. The minimum Gasteiger partial charge on any atom is -0.307 e. The average Bonchev–Trinajstić information content (AvgIpc) is 2.70. The van der Waals surface area contributed by atoms with E-state index in [4.69, 9.17) is 23.2 Å². The number of hydrogen-bond acceptors (Lipinski definition) is 3. The average molecular weight is 287 g/mol. The van der Waals surface area contributed by atoms with Crippen LogP contribution in [-0.2, 0) is 13.1 Å². The van der Waals surface area contributed by atoms with Crippen molar-refractivity contribution in [2.24, 2.45) is 0 Å². The van der Waals surface area contributed by atoms with Gasteiger partial charge in [-0.2, -0.15) is 0 Å². The molecule has 5 heteroatoms. The number of nitrogens with zero attached hydrogens (tertiary/aromatic N) is 1. The zero-order chi connectivity index (χ0) is 12.3. The third-order valence-corrected chi connectivity index (χ3v) is 3.85. The van der Waals surface area contributed by atoms with Gasteiger partial charge in [-0.1, -0.05) is 29.3 Å². The highest BCUT2D eigenvalue weighted by molar-refractivity contribution is 7.09. The van der Waals surface area contributed by atoms with Gasteiger partial charge < -0.3 is 5.32 Å². The molecule has 0 saturated heterocycles. The van der Waals surface area contributed by atoms with Crippen molar-refractivity contribution >= 4 is 34.5 Å². The maximum absolute atomic E-state index is 5.94. The van der Waals surface area contributed by atoms with Crippen LogP contribution in [0.15, 0.2) is 23.6 Å². The molecule has 1 N–H and O–H groups in total. The maximum Gasteiger partial charge on any atom is 0.0897 e. The topological polar surface area (TPSA) is 24.9 Å². The zero-order valence-electron chi connectivity index (χ0n) is 9.34. The summed E-state index contributed by atoms with van der Waals surface area (Å²) >= 11 is 13.5. The first kappa shape index (κ1) is 12.8. The molecule has 2 nitrogen and oxygen atoms in total. The lowest BCUT2D eigenvalue weighted by molar-refractivity contribution is 0.682. The molecule has 1 aromatic heterocycles. The van der Waals surface area contributed by atoms with Crippen molar-refractivity contribution in [2.75, 3.05) is 0 Å². The van der Waals surface area contributed by atoms with Crippen LogP contribution in [0.4, 0.5) is 0 Å². The summed E-state index contributed by atoms with van der Waals surface area (Å²) in [6.07, 6.45) is 0. The van der Waals surface area contributed by atoms with Crippen LogP contribution in [0.2, 0.25) is 10.0 Å². The molecule has 0 aliphatic rings. The van der Waals surface area contributed by atoms with Gasteiger partial charge in [0.2, 0.25) is 0 Å². The lowest BCUT2D eigenvalue weighted by Gasteiger charge is -2.04. The fourth-order valence-electron chi connectivity index (χ4n) is 1.47. The Hall–Kier alpha value is -0.610. The summed E-state index contributed by atoms with van der Waals surface area (Å²) < 4.78 is 0. The number of halogens is 2. The monoisotopic (exact) mass is 286 g/mol. The maximum atomic E-state index is 5.94. The summed E-state index contributed by atoms with van der Waals surface area (Å²) in [5.41, 5.74) is 2.19. The predicted octanol–water partition coefficient (Wildman–Crippen LogP) is 4.05. The minimum absolute atomic E-state index is 0.588. The third-order valence-electron chi connectivity index (χ3n) is 2.29. The summed E-state index contributed by atoms with van der Waals surface area (Å²) in [4.78, 5) is 4.38. The molecule has 0 aliphatic carbocycles. The fraction of sp³-hybridized carbons (Fsp3) is 0.250. The van der Waals surface area contributed by atoms with Crippen LogP contribution < -0.4 is 5.32 Å². The van der Waals surface area contributed by atoms with Gasteiger partial charge in [0, 0.05) is 18.5 Å². The van der Waals surface area contributed by atoms with E-state index in [1.807, 2.05) is 25.1 Å². The highest BCUT2D eigenvalue weighted by atomic mass is 35.5. The van der Waals surface area contributed by atoms with E-state index >= 15 is 0 Å². The van der Waals surface area contributed by atoms with Crippen LogP contribution in [0.1, 0.15) is 16.3 Å². The molecule has 0 fully saturated rings. The Labute approximate surface area is 115 Å². The molecule has 2 aromatic rings. The first-order chi connectivity index (χ1) is 8.15. The van der Waals surface area contributed by atoms with Gasteiger partial charge in [-0.25, -0.2) is 4.98 Å². The Kier molecular flexibility index (Phi) is 4.40. The van der Waals surface area contributed by atoms with Gasteiger partial charge in [-0.05, 0) is 24.6 Å². The van der Waals surface area contributed by atoms with E-state index in [0.29, 0.717) is 10.0 Å². The van der Waals surface area contributed by atoms with Crippen molar-refractivity contribution in [1.82, 2.24) is 10.3 Å². The number of thiazole rings is 1. The largest absolute Gasteiger partial charge is 0.307 e. The molecule has 0 amide bonds. The highest BCUT2D eigenvalue weighted by Gasteiger charge is 2.01. The Morgan fingerprint density at radius 2 is 2.06 bits per heavy atom. The second kappa shape index (κ2) is 5.83. The van der Waals surface area contributed by atoms with Crippen molar-refractivity contribution in [1.29, 1.82) is 0 Å². The number of nitrogens with one attached hydrogen (secondary N) is 1. The minimum atomic E-state index is 0.588. The highest BCUT2D eigenvalue weighted by Crippen LogP contribution is 2.22. The first-order valence-electron chi connectivity index (χ1n) is 5.21. The Bertz CT molecular complexity index is 511. The quantitative estimate of drug-likeness (QED) is 0.917. The number of rotatable bonds is 4. The molecule has 1 heterocycles. The molecule has 0 saturated carbocycles. The lowest BCUT2D eigenvalue weighted by Crippen LogP contribution is -2.12. The van der Waals surface area contributed by atoms with Crippen molar-refractivity contribution in [3.63, 3.8) is 0 Å². The zero-order valence-corrected chi connectivity index (χ0v) is 11.7. The van der Waals surface area contributed by atoms with E-state index in [1.165, 1.54) is 0 Å². The van der Waals surface area contributed by atoms with Crippen molar-refractivity contribution < 1.29 is 0 Å². The van der Waals surface area contributed by atoms with Crippen LogP contribution in [0, 0.1) is 6.92 Å². The molecule has 0 aliphatic heterocycles. The number of hydrogen-bond donors (Lipinski definition) is 1. The van der Waals surface area contributed by atoms with E-state index < -0.39 is 0 Å². The number of aryl methyl sites for hydroxylation is 1.